The quantitative estimate of drug-likeness (QED) is 0.796. The van der Waals surface area contributed by atoms with E-state index in [2.05, 4.69) is 18.6 Å². The molecule has 1 aromatic carbocycles. The summed E-state index contributed by atoms with van der Waals surface area (Å²) >= 11 is 11.8. The standard InChI is InChI=1S/C14H21Cl2NO2S/c1-10(2)6-4-7-11(3)17-20(18,19)13-9-5-8-12(15)14(13)16/h5,8-11,17H,4,6-7H2,1-3H3/t11-/m0/s1. The molecule has 0 heterocycles. The maximum absolute atomic E-state index is 12.3. The summed E-state index contributed by atoms with van der Waals surface area (Å²) in [5, 5.41) is 0.304. The highest BCUT2D eigenvalue weighted by atomic mass is 35.5. The van der Waals surface area contributed by atoms with Crippen LogP contribution in [0.3, 0.4) is 0 Å². The van der Waals surface area contributed by atoms with E-state index in [9.17, 15) is 8.42 Å². The molecule has 20 heavy (non-hydrogen) atoms. The Labute approximate surface area is 131 Å². The molecular weight excluding hydrogens is 317 g/mol. The van der Waals surface area contributed by atoms with E-state index >= 15 is 0 Å². The molecule has 0 unspecified atom stereocenters. The summed E-state index contributed by atoms with van der Waals surface area (Å²) in [5.41, 5.74) is 0. The van der Waals surface area contributed by atoms with Gasteiger partial charge in [-0.25, -0.2) is 13.1 Å². The number of benzene rings is 1. The Hall–Kier alpha value is -0.290. The summed E-state index contributed by atoms with van der Waals surface area (Å²) in [6.45, 7) is 6.16. The lowest BCUT2D eigenvalue weighted by molar-refractivity contribution is 0.488. The molecule has 0 radical (unpaired) electrons. The number of nitrogens with one attached hydrogen (secondary N) is 1. The third kappa shape index (κ3) is 5.24. The van der Waals surface area contributed by atoms with Crippen molar-refractivity contribution in [2.75, 3.05) is 0 Å². The van der Waals surface area contributed by atoms with E-state index in [1.807, 2.05) is 6.92 Å². The van der Waals surface area contributed by atoms with Crippen LogP contribution >= 0.6 is 23.2 Å². The Morgan fingerprint density at radius 3 is 2.40 bits per heavy atom. The minimum absolute atomic E-state index is 0.0300. The van der Waals surface area contributed by atoms with Crippen molar-refractivity contribution >= 4 is 33.2 Å². The molecule has 0 aliphatic rings. The molecule has 1 N–H and O–H groups in total. The summed E-state index contributed by atoms with van der Waals surface area (Å²) in [6.07, 6.45) is 2.88. The maximum Gasteiger partial charge on any atom is 0.242 e. The smallest absolute Gasteiger partial charge is 0.208 e. The van der Waals surface area contributed by atoms with Gasteiger partial charge in [0.25, 0.3) is 0 Å². The highest BCUT2D eigenvalue weighted by Crippen LogP contribution is 2.29. The van der Waals surface area contributed by atoms with Crippen molar-refractivity contribution < 1.29 is 8.42 Å². The highest BCUT2D eigenvalue weighted by molar-refractivity contribution is 7.89. The lowest BCUT2D eigenvalue weighted by Gasteiger charge is -2.15. The molecule has 1 aromatic rings. The summed E-state index contributed by atoms with van der Waals surface area (Å²) in [5.74, 6) is 0.626. The van der Waals surface area contributed by atoms with E-state index in [0.29, 0.717) is 5.92 Å². The van der Waals surface area contributed by atoms with Crippen molar-refractivity contribution in [3.8, 4) is 0 Å². The second kappa shape index (κ2) is 7.64. The molecule has 114 valence electrons. The fraction of sp³-hybridized carbons (Fsp3) is 0.571. The molecule has 0 bridgehead atoms. The van der Waals surface area contributed by atoms with Gasteiger partial charge < -0.3 is 0 Å². The Balaban J connectivity index is 2.72. The van der Waals surface area contributed by atoms with Crippen molar-refractivity contribution in [2.24, 2.45) is 5.92 Å². The van der Waals surface area contributed by atoms with Gasteiger partial charge in [0.15, 0.2) is 0 Å². The Morgan fingerprint density at radius 2 is 1.80 bits per heavy atom. The van der Waals surface area contributed by atoms with Crippen LogP contribution in [0.1, 0.15) is 40.0 Å². The molecule has 0 saturated heterocycles. The third-order valence-corrected chi connectivity index (χ3v) is 5.54. The van der Waals surface area contributed by atoms with E-state index < -0.39 is 10.0 Å². The van der Waals surface area contributed by atoms with Crippen molar-refractivity contribution in [2.45, 2.75) is 51.0 Å². The minimum atomic E-state index is -3.63. The lowest BCUT2D eigenvalue weighted by Crippen LogP contribution is -2.32. The minimum Gasteiger partial charge on any atom is -0.208 e. The fourth-order valence-electron chi connectivity index (χ4n) is 1.91. The normalized spacial score (nSPS) is 13.7. The largest absolute Gasteiger partial charge is 0.242 e. The van der Waals surface area contributed by atoms with Crippen LogP contribution < -0.4 is 4.72 Å². The molecule has 0 aromatic heterocycles. The summed E-state index contributed by atoms with van der Waals surface area (Å²) in [7, 11) is -3.63. The van der Waals surface area contributed by atoms with E-state index in [-0.39, 0.29) is 21.0 Å². The van der Waals surface area contributed by atoms with Crippen LogP contribution in [-0.4, -0.2) is 14.5 Å². The van der Waals surface area contributed by atoms with Gasteiger partial charge in [-0.1, -0.05) is 56.0 Å². The van der Waals surface area contributed by atoms with Gasteiger partial charge in [-0.15, -0.1) is 0 Å². The number of hydrogen-bond donors (Lipinski definition) is 1. The van der Waals surface area contributed by atoms with Gasteiger partial charge in [-0.05, 0) is 31.4 Å². The predicted molar refractivity (Wildman–Crippen MR) is 84.9 cm³/mol. The Morgan fingerprint density at radius 1 is 1.15 bits per heavy atom. The van der Waals surface area contributed by atoms with Crippen LogP contribution in [0.4, 0.5) is 0 Å². The number of rotatable bonds is 7. The van der Waals surface area contributed by atoms with Crippen LogP contribution in [0.2, 0.25) is 10.0 Å². The molecule has 0 aliphatic heterocycles. The molecule has 0 spiro atoms. The molecule has 1 rings (SSSR count). The third-order valence-electron chi connectivity index (χ3n) is 2.98. The Bertz CT molecular complexity index is 544. The molecule has 0 saturated carbocycles. The van der Waals surface area contributed by atoms with Gasteiger partial charge in [0.1, 0.15) is 4.90 Å². The summed E-state index contributed by atoms with van der Waals surface area (Å²) in [6, 6.07) is 4.47. The van der Waals surface area contributed by atoms with Gasteiger partial charge in [-0.2, -0.15) is 0 Å². The number of halogens is 2. The fourth-order valence-corrected chi connectivity index (χ4v) is 3.95. The average molecular weight is 338 g/mol. The topological polar surface area (TPSA) is 46.2 Å². The zero-order valence-electron chi connectivity index (χ0n) is 12.0. The molecule has 0 amide bonds. The van der Waals surface area contributed by atoms with Crippen LogP contribution in [0, 0.1) is 5.92 Å². The first-order valence-electron chi connectivity index (χ1n) is 6.70. The molecule has 0 fully saturated rings. The average Bonchev–Trinajstić information content (AvgIpc) is 2.31. The van der Waals surface area contributed by atoms with Gasteiger partial charge in [0.2, 0.25) is 10.0 Å². The predicted octanol–water partition coefficient (Wildman–Crippen LogP) is 4.49. The summed E-state index contributed by atoms with van der Waals surface area (Å²) in [4.78, 5) is 0.0300. The lowest BCUT2D eigenvalue weighted by atomic mass is 10.0. The number of sulfonamides is 1. The van der Waals surface area contributed by atoms with E-state index in [1.165, 1.54) is 6.07 Å². The van der Waals surface area contributed by atoms with Crippen LogP contribution in [-0.2, 0) is 10.0 Å². The van der Waals surface area contributed by atoms with Crippen molar-refractivity contribution in [3.63, 3.8) is 0 Å². The van der Waals surface area contributed by atoms with Crippen LogP contribution in [0.25, 0.3) is 0 Å². The monoisotopic (exact) mass is 337 g/mol. The van der Waals surface area contributed by atoms with Crippen molar-refractivity contribution in [3.05, 3.63) is 28.2 Å². The Kier molecular flexibility index (Phi) is 6.79. The first-order valence-corrected chi connectivity index (χ1v) is 8.94. The molecule has 6 heteroatoms. The molecule has 3 nitrogen and oxygen atoms in total. The first kappa shape index (κ1) is 17.8. The molecule has 1 atom stereocenters. The zero-order chi connectivity index (χ0) is 15.3. The number of hydrogen-bond acceptors (Lipinski definition) is 2. The second-order valence-corrected chi connectivity index (χ2v) is 7.87. The van der Waals surface area contributed by atoms with E-state index in [4.69, 9.17) is 23.2 Å². The maximum atomic E-state index is 12.3. The van der Waals surface area contributed by atoms with Gasteiger partial charge >= 0.3 is 0 Å². The second-order valence-electron chi connectivity index (χ2n) is 5.40. The van der Waals surface area contributed by atoms with Crippen molar-refractivity contribution in [1.82, 2.24) is 4.72 Å². The molecule has 0 aliphatic carbocycles. The highest BCUT2D eigenvalue weighted by Gasteiger charge is 2.21. The van der Waals surface area contributed by atoms with Crippen LogP contribution in [0.15, 0.2) is 23.1 Å². The van der Waals surface area contributed by atoms with Gasteiger partial charge in [-0.3, -0.25) is 0 Å². The zero-order valence-corrected chi connectivity index (χ0v) is 14.3. The summed E-state index contributed by atoms with van der Waals surface area (Å²) < 4.78 is 27.2. The van der Waals surface area contributed by atoms with Crippen LogP contribution in [0.5, 0.6) is 0 Å². The van der Waals surface area contributed by atoms with Gasteiger partial charge in [0, 0.05) is 6.04 Å². The van der Waals surface area contributed by atoms with E-state index in [0.717, 1.165) is 19.3 Å². The van der Waals surface area contributed by atoms with E-state index in [1.54, 1.807) is 12.1 Å². The first-order chi connectivity index (χ1) is 9.24. The van der Waals surface area contributed by atoms with Gasteiger partial charge in [0.05, 0.1) is 10.0 Å². The molecular formula is C14H21Cl2NO2S. The van der Waals surface area contributed by atoms with Crippen molar-refractivity contribution in [1.29, 1.82) is 0 Å². The SMILES string of the molecule is CC(C)CCC[C@H](C)NS(=O)(=O)c1cccc(Cl)c1Cl.